The Morgan fingerprint density at radius 2 is 1.82 bits per heavy atom. The minimum Gasteiger partial charge on any atom is -0.350 e. The number of piperazine rings is 1. The van der Waals surface area contributed by atoms with Gasteiger partial charge in [-0.25, -0.2) is 13.4 Å². The number of amides is 1. The highest BCUT2D eigenvalue weighted by molar-refractivity contribution is 7.89. The molecule has 0 radical (unpaired) electrons. The zero-order valence-electron chi connectivity index (χ0n) is 18.6. The van der Waals surface area contributed by atoms with Gasteiger partial charge < -0.3 is 9.88 Å². The topological polar surface area (TPSA) is 87.5 Å². The van der Waals surface area contributed by atoms with Crippen LogP contribution in [-0.2, 0) is 17.1 Å². The molecule has 1 saturated carbocycles. The van der Waals surface area contributed by atoms with Gasteiger partial charge in [0.15, 0.2) is 5.03 Å². The molecule has 2 heterocycles. The monoisotopic (exact) mass is 513 g/mol. The molecule has 4 rings (SSSR count). The highest BCUT2D eigenvalue weighted by Gasteiger charge is 2.41. The molecule has 2 aliphatic rings. The first kappa shape index (κ1) is 24.5. The van der Waals surface area contributed by atoms with Crippen LogP contribution in [0.1, 0.15) is 42.5 Å². The van der Waals surface area contributed by atoms with E-state index in [-0.39, 0.29) is 16.5 Å². The molecule has 1 aliphatic carbocycles. The zero-order valence-corrected chi connectivity index (χ0v) is 21.0. The number of nitrogens with zero attached hydrogens (tertiary/aromatic N) is 4. The minimum absolute atomic E-state index is 0.0814. The van der Waals surface area contributed by atoms with Crippen molar-refractivity contribution in [2.75, 3.05) is 32.7 Å². The number of carbonyl (C=O) groups is 1. The molecule has 0 bridgehead atoms. The molecule has 1 aliphatic heterocycles. The van der Waals surface area contributed by atoms with E-state index in [0.717, 1.165) is 25.7 Å². The Labute approximate surface area is 204 Å². The Bertz CT molecular complexity index is 1110. The summed E-state index contributed by atoms with van der Waals surface area (Å²) >= 11 is 12.2. The highest BCUT2D eigenvalue weighted by Crippen LogP contribution is 2.35. The van der Waals surface area contributed by atoms with Crippen LogP contribution in [0.25, 0.3) is 0 Å². The minimum atomic E-state index is -3.61. The van der Waals surface area contributed by atoms with Crippen LogP contribution in [0.3, 0.4) is 0 Å². The number of sulfonamides is 1. The Hall–Kier alpha value is -1.65. The van der Waals surface area contributed by atoms with E-state index < -0.39 is 10.0 Å². The number of hydrogen-bond donors (Lipinski definition) is 1. The van der Waals surface area contributed by atoms with Crippen molar-refractivity contribution in [3.8, 4) is 0 Å². The van der Waals surface area contributed by atoms with Gasteiger partial charge >= 0.3 is 0 Å². The standard InChI is InChI=1S/C22H29Cl2N5O3S/c1-27-14-20(26-16-27)33(31,32)29-11-9-28(10-12-29)22(7-3-2-4-8-22)15-25-21(30)18-6-5-17(23)13-19(18)24/h5-6,13-14,16H,2-4,7-12,15H2,1H3,(H,25,30). The summed E-state index contributed by atoms with van der Waals surface area (Å²) in [5.74, 6) is -0.224. The van der Waals surface area contributed by atoms with Gasteiger partial charge in [0.25, 0.3) is 15.9 Å². The second-order valence-corrected chi connectivity index (χ2v) is 11.6. The molecule has 0 unspecified atom stereocenters. The van der Waals surface area contributed by atoms with Crippen LogP contribution < -0.4 is 5.32 Å². The van der Waals surface area contributed by atoms with Crippen molar-refractivity contribution in [3.63, 3.8) is 0 Å². The van der Waals surface area contributed by atoms with Crippen LogP contribution in [0.15, 0.2) is 35.7 Å². The van der Waals surface area contributed by atoms with Crippen molar-refractivity contribution in [1.82, 2.24) is 24.1 Å². The molecule has 2 aromatic rings. The molecule has 8 nitrogen and oxygen atoms in total. The number of aryl methyl sites for hydroxylation is 1. The van der Waals surface area contributed by atoms with E-state index in [0.29, 0.717) is 48.3 Å². The Kier molecular flexibility index (Phi) is 7.35. The Morgan fingerprint density at radius 1 is 1.12 bits per heavy atom. The zero-order chi connectivity index (χ0) is 23.6. The van der Waals surface area contributed by atoms with Gasteiger partial charge in [-0.2, -0.15) is 4.31 Å². The molecule has 1 saturated heterocycles. The molecule has 1 amide bonds. The lowest BCUT2D eigenvalue weighted by Gasteiger charge is -2.49. The summed E-state index contributed by atoms with van der Waals surface area (Å²) < 4.78 is 29.0. The predicted octanol–water partition coefficient (Wildman–Crippen LogP) is 3.17. The Morgan fingerprint density at radius 3 is 2.42 bits per heavy atom. The molecule has 11 heteroatoms. The highest BCUT2D eigenvalue weighted by atomic mass is 35.5. The summed E-state index contributed by atoms with van der Waals surface area (Å²) in [7, 11) is -1.85. The van der Waals surface area contributed by atoms with E-state index in [1.54, 1.807) is 29.8 Å². The number of rotatable bonds is 6. The average Bonchev–Trinajstić information content (AvgIpc) is 3.25. The number of halogens is 2. The number of aromatic nitrogens is 2. The van der Waals surface area contributed by atoms with E-state index in [2.05, 4.69) is 15.2 Å². The maximum atomic E-state index is 12.9. The van der Waals surface area contributed by atoms with Gasteiger partial charge in [0.1, 0.15) is 0 Å². The summed E-state index contributed by atoms with van der Waals surface area (Å²) in [6, 6.07) is 4.85. The van der Waals surface area contributed by atoms with Crippen molar-refractivity contribution in [2.24, 2.45) is 7.05 Å². The lowest BCUT2D eigenvalue weighted by molar-refractivity contribution is 0.0240. The van der Waals surface area contributed by atoms with Gasteiger partial charge in [0.05, 0.1) is 16.9 Å². The largest absolute Gasteiger partial charge is 0.350 e. The summed E-state index contributed by atoms with van der Waals surface area (Å²) in [4.78, 5) is 19.2. The smallest absolute Gasteiger partial charge is 0.262 e. The van der Waals surface area contributed by atoms with Crippen LogP contribution in [-0.4, -0.2) is 71.3 Å². The molecule has 33 heavy (non-hydrogen) atoms. The first-order valence-electron chi connectivity index (χ1n) is 11.2. The van der Waals surface area contributed by atoms with E-state index >= 15 is 0 Å². The third-order valence-corrected chi connectivity index (χ3v) is 9.07. The second-order valence-electron chi connectivity index (χ2n) is 8.86. The maximum Gasteiger partial charge on any atom is 0.262 e. The SMILES string of the molecule is Cn1cnc(S(=O)(=O)N2CCN(C3(CNC(=O)c4ccc(Cl)cc4Cl)CCCCC3)CC2)c1. The number of imidazole rings is 1. The van der Waals surface area contributed by atoms with E-state index in [1.807, 2.05) is 0 Å². The van der Waals surface area contributed by atoms with Gasteiger partial charge in [-0.05, 0) is 31.0 Å². The third kappa shape index (κ3) is 5.22. The summed E-state index contributed by atoms with van der Waals surface area (Å²) in [6.45, 7) is 2.53. The van der Waals surface area contributed by atoms with Crippen molar-refractivity contribution < 1.29 is 13.2 Å². The second kappa shape index (κ2) is 9.92. The van der Waals surface area contributed by atoms with Crippen LogP contribution in [0, 0.1) is 0 Å². The van der Waals surface area contributed by atoms with E-state index in [4.69, 9.17) is 23.2 Å². The molecule has 0 atom stereocenters. The molecule has 1 aromatic carbocycles. The van der Waals surface area contributed by atoms with Crippen molar-refractivity contribution >= 4 is 39.1 Å². The quantitative estimate of drug-likeness (QED) is 0.640. The summed E-state index contributed by atoms with van der Waals surface area (Å²) in [5.41, 5.74) is 0.214. The van der Waals surface area contributed by atoms with Crippen LogP contribution >= 0.6 is 23.2 Å². The normalized spacial score (nSPS) is 20.0. The first-order chi connectivity index (χ1) is 15.7. The third-order valence-electron chi connectivity index (χ3n) is 6.73. The molecule has 1 N–H and O–H groups in total. The van der Waals surface area contributed by atoms with E-state index in [9.17, 15) is 13.2 Å². The lowest BCUT2D eigenvalue weighted by atomic mass is 9.79. The fourth-order valence-electron chi connectivity index (χ4n) is 4.89. The van der Waals surface area contributed by atoms with Crippen LogP contribution in [0.5, 0.6) is 0 Å². The molecular formula is C22H29Cl2N5O3S. The number of benzene rings is 1. The van der Waals surface area contributed by atoms with Crippen molar-refractivity contribution in [3.05, 3.63) is 46.3 Å². The van der Waals surface area contributed by atoms with Gasteiger partial charge in [0, 0.05) is 56.5 Å². The van der Waals surface area contributed by atoms with Gasteiger partial charge in [-0.3, -0.25) is 9.69 Å². The number of hydrogen-bond acceptors (Lipinski definition) is 5. The molecule has 1 aromatic heterocycles. The predicted molar refractivity (Wildman–Crippen MR) is 128 cm³/mol. The maximum absolute atomic E-state index is 12.9. The number of nitrogens with one attached hydrogen (secondary N) is 1. The number of carbonyl (C=O) groups excluding carboxylic acids is 1. The summed E-state index contributed by atoms with van der Waals surface area (Å²) in [5, 5.41) is 3.98. The molecule has 180 valence electrons. The molecular weight excluding hydrogens is 485 g/mol. The Balaban J connectivity index is 1.44. The van der Waals surface area contributed by atoms with Gasteiger partial charge in [0.2, 0.25) is 0 Å². The molecule has 2 fully saturated rings. The fraction of sp³-hybridized carbons (Fsp3) is 0.545. The van der Waals surface area contributed by atoms with Crippen LogP contribution in [0.4, 0.5) is 0 Å². The van der Waals surface area contributed by atoms with Crippen LogP contribution in [0.2, 0.25) is 10.0 Å². The van der Waals surface area contributed by atoms with Crippen molar-refractivity contribution in [1.29, 1.82) is 0 Å². The lowest BCUT2D eigenvalue weighted by Crippen LogP contribution is -2.62. The van der Waals surface area contributed by atoms with Gasteiger partial charge in [-0.15, -0.1) is 0 Å². The van der Waals surface area contributed by atoms with E-state index in [1.165, 1.54) is 23.3 Å². The summed E-state index contributed by atoms with van der Waals surface area (Å²) in [6.07, 6.45) is 8.31. The van der Waals surface area contributed by atoms with Crippen molar-refractivity contribution in [2.45, 2.75) is 42.7 Å². The fourth-order valence-corrected chi connectivity index (χ4v) is 6.77. The van der Waals surface area contributed by atoms with Gasteiger partial charge in [-0.1, -0.05) is 42.5 Å². The first-order valence-corrected chi connectivity index (χ1v) is 13.4. The average molecular weight is 514 g/mol. The molecule has 0 spiro atoms.